The van der Waals surface area contributed by atoms with Crippen molar-refractivity contribution in [2.75, 3.05) is 36.7 Å². The summed E-state index contributed by atoms with van der Waals surface area (Å²) in [4.78, 5) is 32.2. The highest BCUT2D eigenvalue weighted by Crippen LogP contribution is 2.31. The van der Waals surface area contributed by atoms with Crippen molar-refractivity contribution in [1.82, 2.24) is 10.3 Å². The Bertz CT molecular complexity index is 1490. The normalized spacial score (nSPS) is 14.8. The summed E-state index contributed by atoms with van der Waals surface area (Å²) in [7, 11) is -1.93. The first-order valence-corrected chi connectivity index (χ1v) is 15.3. The van der Waals surface area contributed by atoms with Gasteiger partial charge in [0.15, 0.2) is 15.7 Å². The van der Waals surface area contributed by atoms with Gasteiger partial charge in [0.05, 0.1) is 23.7 Å². The number of ether oxygens (including phenoxy) is 1. The minimum Gasteiger partial charge on any atom is -0.497 e. The van der Waals surface area contributed by atoms with E-state index in [0.29, 0.717) is 41.6 Å². The number of hydrogen-bond donors (Lipinski definition) is 2. The summed E-state index contributed by atoms with van der Waals surface area (Å²) in [6.07, 6.45) is 4.30. The van der Waals surface area contributed by atoms with Crippen LogP contribution in [0.15, 0.2) is 65.7 Å². The quantitative estimate of drug-likeness (QED) is 0.368. The Morgan fingerprint density at radius 2 is 1.85 bits per heavy atom. The van der Waals surface area contributed by atoms with E-state index in [0.717, 1.165) is 30.4 Å². The molecule has 0 aliphatic carbocycles. The van der Waals surface area contributed by atoms with Crippen LogP contribution in [0.3, 0.4) is 0 Å². The molecule has 2 heterocycles. The number of amides is 2. The number of sulfone groups is 1. The average Bonchev–Trinajstić information content (AvgIpc) is 2.93. The number of benzene rings is 2. The Hall–Kier alpha value is -3.63. The smallest absolute Gasteiger partial charge is 0.255 e. The lowest BCUT2D eigenvalue weighted by Crippen LogP contribution is -2.37. The van der Waals surface area contributed by atoms with E-state index < -0.39 is 15.7 Å². The van der Waals surface area contributed by atoms with Gasteiger partial charge in [-0.1, -0.05) is 29.8 Å². The van der Waals surface area contributed by atoms with E-state index in [1.165, 1.54) is 18.3 Å². The fourth-order valence-corrected chi connectivity index (χ4v) is 5.48. The zero-order valence-electron chi connectivity index (χ0n) is 22.7. The second-order valence-corrected chi connectivity index (χ2v) is 12.4. The number of hydrogen-bond acceptors (Lipinski definition) is 7. The standard InChI is InChI=1S/C29H33ClN4O5S/c1-19(21-6-5-9-24(16-21)39-2)32-27(35)14-20-10-12-34(13-11-20)28-26(17-25(18-31-28)40(3,37)38)33-29(36)22-7-4-8-23(30)15-22/h4-9,15-20H,10-14H2,1-3H3,(H,32,35)(H,33,36)/t19-/m1/s1. The monoisotopic (exact) mass is 584 g/mol. The van der Waals surface area contributed by atoms with Crippen LogP contribution in [0.1, 0.15) is 48.1 Å². The Labute approximate surface area is 239 Å². The highest BCUT2D eigenvalue weighted by molar-refractivity contribution is 7.90. The zero-order valence-corrected chi connectivity index (χ0v) is 24.3. The third kappa shape index (κ3) is 7.51. The number of anilines is 2. The van der Waals surface area contributed by atoms with E-state index in [4.69, 9.17) is 16.3 Å². The summed E-state index contributed by atoms with van der Waals surface area (Å²) < 4.78 is 29.7. The molecular formula is C29H33ClN4O5S. The Morgan fingerprint density at radius 3 is 2.52 bits per heavy atom. The van der Waals surface area contributed by atoms with Gasteiger partial charge in [0.2, 0.25) is 5.91 Å². The Morgan fingerprint density at radius 1 is 1.12 bits per heavy atom. The van der Waals surface area contributed by atoms with Gasteiger partial charge in [-0.25, -0.2) is 13.4 Å². The molecule has 1 saturated heterocycles. The van der Waals surface area contributed by atoms with Crippen LogP contribution in [0.5, 0.6) is 5.75 Å². The third-order valence-electron chi connectivity index (χ3n) is 6.96. The second kappa shape index (κ2) is 12.7. The number of nitrogens with zero attached hydrogens (tertiary/aromatic N) is 2. The third-order valence-corrected chi connectivity index (χ3v) is 8.28. The zero-order chi connectivity index (χ0) is 28.9. The molecule has 1 aliphatic heterocycles. The minimum atomic E-state index is -3.54. The van der Waals surface area contributed by atoms with Gasteiger partial charge in [0.1, 0.15) is 5.75 Å². The highest BCUT2D eigenvalue weighted by Gasteiger charge is 2.26. The molecule has 40 heavy (non-hydrogen) atoms. The average molecular weight is 585 g/mol. The first kappa shape index (κ1) is 29.4. The van der Waals surface area contributed by atoms with Gasteiger partial charge in [-0.05, 0) is 67.6 Å². The number of nitrogens with one attached hydrogen (secondary N) is 2. The van der Waals surface area contributed by atoms with Gasteiger partial charge >= 0.3 is 0 Å². The molecule has 1 aromatic heterocycles. The summed E-state index contributed by atoms with van der Waals surface area (Å²) in [5.41, 5.74) is 1.62. The van der Waals surface area contributed by atoms with Crippen molar-refractivity contribution in [1.29, 1.82) is 0 Å². The molecule has 2 N–H and O–H groups in total. The number of halogens is 1. The Balaban J connectivity index is 1.41. The summed E-state index contributed by atoms with van der Waals surface area (Å²) in [6, 6.07) is 15.4. The van der Waals surface area contributed by atoms with Crippen molar-refractivity contribution in [3.05, 3.63) is 76.9 Å². The largest absolute Gasteiger partial charge is 0.497 e. The van der Waals surface area contributed by atoms with Gasteiger partial charge in [0.25, 0.3) is 5.91 Å². The van der Waals surface area contributed by atoms with Gasteiger partial charge in [-0.15, -0.1) is 0 Å². The lowest BCUT2D eigenvalue weighted by Gasteiger charge is -2.34. The van der Waals surface area contributed by atoms with E-state index in [9.17, 15) is 18.0 Å². The molecule has 1 atom stereocenters. The summed E-state index contributed by atoms with van der Waals surface area (Å²) >= 11 is 6.04. The van der Waals surface area contributed by atoms with E-state index in [1.54, 1.807) is 25.3 Å². The number of carbonyl (C=O) groups excluding carboxylic acids is 2. The summed E-state index contributed by atoms with van der Waals surface area (Å²) in [5.74, 6) is 0.977. The molecule has 1 aliphatic rings. The van der Waals surface area contributed by atoms with E-state index in [-0.39, 0.29) is 22.8 Å². The topological polar surface area (TPSA) is 118 Å². The van der Waals surface area contributed by atoms with Crippen molar-refractivity contribution >= 4 is 44.8 Å². The molecule has 1 fully saturated rings. The maximum absolute atomic E-state index is 12.9. The predicted molar refractivity (Wildman–Crippen MR) is 156 cm³/mol. The van der Waals surface area contributed by atoms with E-state index in [1.807, 2.05) is 36.1 Å². The van der Waals surface area contributed by atoms with Crippen LogP contribution in [0.2, 0.25) is 5.02 Å². The van der Waals surface area contributed by atoms with Crippen molar-refractivity contribution in [3.63, 3.8) is 0 Å². The number of carbonyl (C=O) groups is 2. The molecule has 2 amide bonds. The van der Waals surface area contributed by atoms with Crippen molar-refractivity contribution < 1.29 is 22.7 Å². The highest BCUT2D eigenvalue weighted by atomic mass is 35.5. The second-order valence-electron chi connectivity index (χ2n) is 9.98. The first-order chi connectivity index (χ1) is 19.0. The van der Waals surface area contributed by atoms with E-state index >= 15 is 0 Å². The van der Waals surface area contributed by atoms with Crippen LogP contribution in [-0.4, -0.2) is 51.7 Å². The molecule has 0 bridgehead atoms. The molecule has 11 heteroatoms. The molecule has 9 nitrogen and oxygen atoms in total. The van der Waals surface area contributed by atoms with Crippen LogP contribution in [0.4, 0.5) is 11.5 Å². The molecule has 0 spiro atoms. The summed E-state index contributed by atoms with van der Waals surface area (Å²) in [5, 5.41) is 6.30. The van der Waals surface area contributed by atoms with Crippen LogP contribution in [-0.2, 0) is 14.6 Å². The summed E-state index contributed by atoms with van der Waals surface area (Å²) in [6.45, 7) is 3.16. The fraction of sp³-hybridized carbons (Fsp3) is 0.345. The van der Waals surface area contributed by atoms with E-state index in [2.05, 4.69) is 15.6 Å². The maximum atomic E-state index is 12.9. The van der Waals surface area contributed by atoms with Crippen LogP contribution in [0.25, 0.3) is 0 Å². The molecule has 212 valence electrons. The van der Waals surface area contributed by atoms with Gasteiger partial charge in [-0.3, -0.25) is 9.59 Å². The number of methoxy groups -OCH3 is 1. The van der Waals surface area contributed by atoms with Crippen molar-refractivity contribution in [2.24, 2.45) is 5.92 Å². The number of pyridine rings is 1. The molecule has 4 rings (SSSR count). The minimum absolute atomic E-state index is 0.00866. The maximum Gasteiger partial charge on any atom is 0.255 e. The predicted octanol–water partition coefficient (Wildman–Crippen LogP) is 4.88. The van der Waals surface area contributed by atoms with Crippen LogP contribution >= 0.6 is 11.6 Å². The number of piperidine rings is 1. The lowest BCUT2D eigenvalue weighted by atomic mass is 9.93. The lowest BCUT2D eigenvalue weighted by molar-refractivity contribution is -0.122. The molecule has 3 aromatic rings. The van der Waals surface area contributed by atoms with Gasteiger partial charge in [0, 0.05) is 42.5 Å². The van der Waals surface area contributed by atoms with Crippen molar-refractivity contribution in [3.8, 4) is 5.75 Å². The van der Waals surface area contributed by atoms with Gasteiger partial charge < -0.3 is 20.3 Å². The molecular weight excluding hydrogens is 552 g/mol. The first-order valence-electron chi connectivity index (χ1n) is 13.0. The SMILES string of the molecule is COc1cccc([C@@H](C)NC(=O)CC2CCN(c3ncc(S(C)(=O)=O)cc3NC(=O)c3cccc(Cl)c3)CC2)c1. The van der Waals surface area contributed by atoms with Gasteiger partial charge in [-0.2, -0.15) is 0 Å². The number of aromatic nitrogens is 1. The van der Waals surface area contributed by atoms with Crippen molar-refractivity contribution in [2.45, 2.75) is 37.1 Å². The van der Waals surface area contributed by atoms with Crippen LogP contribution in [0, 0.1) is 5.92 Å². The van der Waals surface area contributed by atoms with Crippen LogP contribution < -0.4 is 20.3 Å². The molecule has 2 aromatic carbocycles. The fourth-order valence-electron chi connectivity index (χ4n) is 4.72. The molecule has 0 saturated carbocycles. The molecule has 0 radical (unpaired) electrons. The number of rotatable bonds is 9. The molecule has 0 unspecified atom stereocenters. The Kier molecular flexibility index (Phi) is 9.32.